The zero-order valence-corrected chi connectivity index (χ0v) is 21.7. The van der Waals surface area contributed by atoms with Crippen molar-refractivity contribution < 1.29 is 40.7 Å². The highest BCUT2D eigenvalue weighted by Gasteiger charge is 2.45. The molecule has 0 radical (unpaired) electrons. The van der Waals surface area contributed by atoms with Crippen LogP contribution >= 0.6 is 0 Å². The number of Topliss-reactive ketones (excluding diaryl/α,β-unsaturated/α-hetero) is 1. The molecule has 2 aliphatic rings. The van der Waals surface area contributed by atoms with Crippen LogP contribution in [-0.4, -0.2) is 62.0 Å². The molecule has 0 bridgehead atoms. The molecule has 0 amide bonds. The van der Waals surface area contributed by atoms with Crippen molar-refractivity contribution in [3.8, 4) is 5.75 Å². The third kappa shape index (κ3) is 7.12. The lowest BCUT2D eigenvalue weighted by Gasteiger charge is -2.40. The lowest BCUT2D eigenvalue weighted by Crippen LogP contribution is -2.52. The maximum Gasteiger partial charge on any atom is 0.391 e. The number of ketones is 1. The van der Waals surface area contributed by atoms with Gasteiger partial charge in [0.05, 0.1) is 24.6 Å². The van der Waals surface area contributed by atoms with Gasteiger partial charge < -0.3 is 14.3 Å². The minimum atomic E-state index is -4.37. The van der Waals surface area contributed by atoms with E-state index < -0.39 is 40.0 Å². The SMILES string of the molecule is CC(=O)CC[C@H]1CN(S(=O)(=O)N2CCC(C(F)(F)F)CC2)c2cc(CC(=O)OC(C)(C)C)ccc2O1. The topological polar surface area (TPSA) is 93.2 Å². The molecule has 36 heavy (non-hydrogen) atoms. The monoisotopic (exact) mass is 534 g/mol. The van der Waals surface area contributed by atoms with E-state index in [1.807, 2.05) is 0 Å². The minimum Gasteiger partial charge on any atom is -0.486 e. The van der Waals surface area contributed by atoms with Gasteiger partial charge in [-0.25, -0.2) is 0 Å². The number of hydrogen-bond acceptors (Lipinski definition) is 6. The van der Waals surface area contributed by atoms with Crippen molar-refractivity contribution in [3.05, 3.63) is 23.8 Å². The minimum absolute atomic E-state index is 0.0688. The summed E-state index contributed by atoms with van der Waals surface area (Å²) in [5.41, 5.74) is 0.0221. The van der Waals surface area contributed by atoms with Crippen LogP contribution in [0.25, 0.3) is 0 Å². The molecule has 1 aromatic rings. The molecule has 0 aliphatic carbocycles. The molecule has 1 saturated heterocycles. The largest absolute Gasteiger partial charge is 0.486 e. The van der Waals surface area contributed by atoms with Crippen LogP contribution in [0.15, 0.2) is 18.2 Å². The second-order valence-corrected chi connectivity index (χ2v) is 12.2. The summed E-state index contributed by atoms with van der Waals surface area (Å²) >= 11 is 0. The Morgan fingerprint density at radius 3 is 2.33 bits per heavy atom. The summed E-state index contributed by atoms with van der Waals surface area (Å²) in [6.45, 7) is 6.04. The molecule has 8 nitrogen and oxygen atoms in total. The Balaban J connectivity index is 1.88. The van der Waals surface area contributed by atoms with Crippen LogP contribution < -0.4 is 9.04 Å². The number of benzene rings is 1. The number of nitrogens with zero attached hydrogens (tertiary/aromatic N) is 2. The lowest BCUT2D eigenvalue weighted by molar-refractivity contribution is -0.182. The number of hydrogen-bond donors (Lipinski definition) is 0. The summed E-state index contributed by atoms with van der Waals surface area (Å²) in [5, 5.41) is 0. The third-order valence-electron chi connectivity index (χ3n) is 6.06. The molecule has 1 aromatic carbocycles. The van der Waals surface area contributed by atoms with Crippen molar-refractivity contribution >= 4 is 27.6 Å². The molecule has 0 aromatic heterocycles. The van der Waals surface area contributed by atoms with Gasteiger partial charge in [-0.15, -0.1) is 0 Å². The standard InChI is InChI=1S/C24H33F3N2O6S/c1-16(30)5-7-19-15-29(36(32,33)28-11-9-18(10-12-28)24(25,26)27)20-13-17(6-8-21(20)34-19)14-22(31)35-23(2,3)4/h6,8,13,18-19H,5,7,9-12,14-15H2,1-4H3/t19-/m0/s1. The van der Waals surface area contributed by atoms with Crippen LogP contribution in [0.4, 0.5) is 18.9 Å². The van der Waals surface area contributed by atoms with Crippen LogP contribution in [0, 0.1) is 5.92 Å². The Morgan fingerprint density at radius 2 is 1.78 bits per heavy atom. The summed E-state index contributed by atoms with van der Waals surface area (Å²) in [7, 11) is -4.19. The summed E-state index contributed by atoms with van der Waals surface area (Å²) in [5.74, 6) is -1.83. The number of esters is 1. The van der Waals surface area contributed by atoms with E-state index in [1.54, 1.807) is 32.9 Å². The molecule has 2 aliphatic heterocycles. The quantitative estimate of drug-likeness (QED) is 0.491. The Kier molecular flexibility index (Phi) is 8.29. The molecule has 1 fully saturated rings. The van der Waals surface area contributed by atoms with Gasteiger partial charge in [0.25, 0.3) is 0 Å². The number of piperidine rings is 1. The number of fused-ring (bicyclic) bond motifs is 1. The number of alkyl halides is 3. The van der Waals surface area contributed by atoms with Gasteiger partial charge in [-0.05, 0) is 64.7 Å². The summed E-state index contributed by atoms with van der Waals surface area (Å²) in [4.78, 5) is 23.8. The summed E-state index contributed by atoms with van der Waals surface area (Å²) in [6, 6.07) is 4.73. The van der Waals surface area contributed by atoms with Crippen molar-refractivity contribution in [2.75, 3.05) is 23.9 Å². The van der Waals surface area contributed by atoms with E-state index in [0.29, 0.717) is 5.56 Å². The zero-order valence-electron chi connectivity index (χ0n) is 20.9. The van der Waals surface area contributed by atoms with Gasteiger partial charge in [0, 0.05) is 19.5 Å². The normalized spacial score (nSPS) is 20.0. The highest BCUT2D eigenvalue weighted by atomic mass is 32.2. The maximum absolute atomic E-state index is 13.6. The second-order valence-electron chi connectivity index (χ2n) is 10.3. The molecular formula is C24H33F3N2O6S. The zero-order chi connectivity index (χ0) is 26.9. The van der Waals surface area contributed by atoms with Crippen LogP contribution in [0.3, 0.4) is 0 Å². The number of rotatable bonds is 7. The van der Waals surface area contributed by atoms with Gasteiger partial charge in [0.1, 0.15) is 23.2 Å². The third-order valence-corrected chi connectivity index (χ3v) is 7.98. The van der Waals surface area contributed by atoms with Gasteiger partial charge in [0.2, 0.25) is 0 Å². The molecule has 0 spiro atoms. The number of halogens is 3. The van der Waals surface area contributed by atoms with Crippen LogP contribution in [-0.2, 0) is 31.0 Å². The molecule has 1 atom stereocenters. The fourth-order valence-corrected chi connectivity index (χ4v) is 5.99. The van der Waals surface area contributed by atoms with Crippen molar-refractivity contribution in [1.29, 1.82) is 0 Å². The van der Waals surface area contributed by atoms with E-state index >= 15 is 0 Å². The average molecular weight is 535 g/mol. The molecule has 202 valence electrons. The Hall–Kier alpha value is -2.34. The van der Waals surface area contributed by atoms with Crippen LogP contribution in [0.1, 0.15) is 58.9 Å². The summed E-state index contributed by atoms with van der Waals surface area (Å²) < 4.78 is 80.1. The number of carbonyl (C=O) groups is 2. The van der Waals surface area contributed by atoms with E-state index in [1.165, 1.54) is 13.0 Å². The van der Waals surface area contributed by atoms with E-state index in [9.17, 15) is 31.2 Å². The van der Waals surface area contributed by atoms with Gasteiger partial charge in [-0.3, -0.25) is 9.10 Å². The van der Waals surface area contributed by atoms with E-state index in [4.69, 9.17) is 9.47 Å². The smallest absolute Gasteiger partial charge is 0.391 e. The van der Waals surface area contributed by atoms with Gasteiger partial charge in [-0.1, -0.05) is 6.07 Å². The first-order valence-electron chi connectivity index (χ1n) is 11.9. The number of carbonyl (C=O) groups excluding carboxylic acids is 2. The fraction of sp³-hybridized carbons (Fsp3) is 0.667. The first kappa shape index (κ1) is 28.2. The van der Waals surface area contributed by atoms with E-state index in [0.717, 1.165) is 8.61 Å². The van der Waals surface area contributed by atoms with Gasteiger partial charge >= 0.3 is 22.4 Å². The Morgan fingerprint density at radius 1 is 1.14 bits per heavy atom. The second kappa shape index (κ2) is 10.6. The van der Waals surface area contributed by atoms with Crippen molar-refractivity contribution in [1.82, 2.24) is 4.31 Å². The lowest BCUT2D eigenvalue weighted by atomic mass is 9.98. The number of ether oxygens (including phenoxy) is 2. The Bertz CT molecular complexity index is 1080. The first-order valence-corrected chi connectivity index (χ1v) is 13.3. The van der Waals surface area contributed by atoms with E-state index in [-0.39, 0.29) is 69.0 Å². The molecule has 12 heteroatoms. The van der Waals surface area contributed by atoms with Gasteiger partial charge in [-0.2, -0.15) is 25.9 Å². The van der Waals surface area contributed by atoms with E-state index in [2.05, 4.69) is 0 Å². The predicted octanol–water partition coefficient (Wildman–Crippen LogP) is 4.03. The fourth-order valence-electron chi connectivity index (χ4n) is 4.30. The number of anilines is 1. The van der Waals surface area contributed by atoms with Crippen LogP contribution in [0.2, 0.25) is 0 Å². The Labute approximate surface area is 209 Å². The average Bonchev–Trinajstić information content (AvgIpc) is 2.75. The highest BCUT2D eigenvalue weighted by Crippen LogP contribution is 2.40. The molecule has 0 unspecified atom stereocenters. The first-order chi connectivity index (χ1) is 16.6. The molecule has 2 heterocycles. The van der Waals surface area contributed by atoms with Crippen molar-refractivity contribution in [2.24, 2.45) is 5.92 Å². The van der Waals surface area contributed by atoms with Crippen LogP contribution in [0.5, 0.6) is 5.75 Å². The molecule has 0 N–H and O–H groups in total. The summed E-state index contributed by atoms with van der Waals surface area (Å²) in [6.07, 6.45) is -5.21. The molecular weight excluding hydrogens is 501 g/mol. The molecule has 3 rings (SSSR count). The van der Waals surface area contributed by atoms with Crippen molar-refractivity contribution in [2.45, 2.75) is 77.7 Å². The maximum atomic E-state index is 13.6. The molecule has 0 saturated carbocycles. The predicted molar refractivity (Wildman–Crippen MR) is 127 cm³/mol. The highest BCUT2D eigenvalue weighted by molar-refractivity contribution is 7.90. The van der Waals surface area contributed by atoms with Gasteiger partial charge in [0.15, 0.2) is 0 Å². The van der Waals surface area contributed by atoms with Crippen molar-refractivity contribution in [3.63, 3.8) is 0 Å².